The molecule has 1 rings (SSSR count). The first-order chi connectivity index (χ1) is 10.9. The predicted molar refractivity (Wildman–Crippen MR) is 81.5 cm³/mol. The number of rotatable bonds is 9. The van der Waals surface area contributed by atoms with Crippen LogP contribution in [0.25, 0.3) is 0 Å². The third-order valence-electron chi connectivity index (χ3n) is 2.86. The molecule has 0 amide bonds. The van der Waals surface area contributed by atoms with Gasteiger partial charge in [-0.25, -0.2) is 0 Å². The minimum atomic E-state index is -2.01. The van der Waals surface area contributed by atoms with E-state index in [0.717, 1.165) is 31.0 Å². The Morgan fingerprint density at radius 2 is 1.91 bits per heavy atom. The molecule has 0 N–H and O–H groups in total. The summed E-state index contributed by atoms with van der Waals surface area (Å²) in [7, 11) is -2.01. The number of hydrogen-bond acceptors (Lipinski definition) is 7. The summed E-state index contributed by atoms with van der Waals surface area (Å²) in [6.45, 7) is 2.19. The Labute approximate surface area is 134 Å². The van der Waals surface area contributed by atoms with E-state index in [9.17, 15) is 29.2 Å². The molecule has 0 aliphatic heterocycles. The molecule has 0 aliphatic rings. The minimum absolute atomic E-state index is 0.201. The molecule has 0 radical (unpaired) electrons. The average molecular weight is 344 g/mol. The molecular weight excluding hydrogens is 328 g/mol. The lowest BCUT2D eigenvalue weighted by Gasteiger charge is -2.05. The van der Waals surface area contributed by atoms with Gasteiger partial charge in [0.25, 0.3) is 11.4 Å². The first-order valence-corrected chi connectivity index (χ1v) is 8.15. The number of unbranched alkanes of at least 4 members (excludes halogenated alkanes) is 2. The Kier molecular flexibility index (Phi) is 7.26. The molecule has 0 saturated carbocycles. The normalized spacial score (nSPS) is 11.7. The van der Waals surface area contributed by atoms with Crippen LogP contribution in [-0.4, -0.2) is 32.4 Å². The van der Waals surface area contributed by atoms with Crippen molar-refractivity contribution < 1.29 is 23.6 Å². The van der Waals surface area contributed by atoms with Gasteiger partial charge >= 0.3 is 5.97 Å². The van der Waals surface area contributed by atoms with Crippen LogP contribution in [0.2, 0.25) is 0 Å². The van der Waals surface area contributed by atoms with Crippen LogP contribution in [-0.2, 0) is 20.3 Å². The zero-order valence-corrected chi connectivity index (χ0v) is 13.2. The van der Waals surface area contributed by atoms with Crippen molar-refractivity contribution in [3.63, 3.8) is 0 Å². The van der Waals surface area contributed by atoms with Crippen LogP contribution in [0.1, 0.15) is 26.2 Å². The molecule has 23 heavy (non-hydrogen) atoms. The van der Waals surface area contributed by atoms with Crippen LogP contribution >= 0.6 is 0 Å². The zero-order valence-electron chi connectivity index (χ0n) is 12.4. The third kappa shape index (κ3) is 5.74. The number of carbonyl (C=O) groups excluding carboxylic acids is 1. The van der Waals surface area contributed by atoms with Gasteiger partial charge in [0, 0.05) is 6.07 Å². The standard InChI is InChI=1S/C13H16N2O7S/c1-2-3-4-7-22-13(16)9-23(21)12-6-5-10(14(17)18)8-11(12)15(19)20/h5-6,8H,2-4,7,9H2,1H3/t23-/m0/s1. The maximum atomic E-state index is 12.1. The van der Waals surface area contributed by atoms with Crippen molar-refractivity contribution in [2.45, 2.75) is 31.1 Å². The van der Waals surface area contributed by atoms with Gasteiger partial charge in [-0.2, -0.15) is 0 Å². The molecule has 0 spiro atoms. The lowest BCUT2D eigenvalue weighted by molar-refractivity contribution is -0.396. The van der Waals surface area contributed by atoms with Gasteiger partial charge in [0.05, 0.1) is 33.3 Å². The Balaban J connectivity index is 2.81. The van der Waals surface area contributed by atoms with Crippen molar-refractivity contribution >= 4 is 28.1 Å². The maximum absolute atomic E-state index is 12.1. The largest absolute Gasteiger partial charge is 0.465 e. The monoisotopic (exact) mass is 344 g/mol. The molecule has 9 nitrogen and oxygen atoms in total. The van der Waals surface area contributed by atoms with E-state index in [4.69, 9.17) is 4.74 Å². The van der Waals surface area contributed by atoms with E-state index < -0.39 is 43.7 Å². The first kappa shape index (κ1) is 18.7. The number of esters is 1. The van der Waals surface area contributed by atoms with Gasteiger partial charge in [-0.3, -0.25) is 29.2 Å². The number of nitrogens with zero attached hydrogens (tertiary/aromatic N) is 2. The van der Waals surface area contributed by atoms with Gasteiger partial charge in [-0.1, -0.05) is 19.8 Å². The highest BCUT2D eigenvalue weighted by Gasteiger charge is 2.24. The molecule has 0 heterocycles. The number of benzene rings is 1. The first-order valence-electron chi connectivity index (χ1n) is 6.83. The van der Waals surface area contributed by atoms with Gasteiger partial charge < -0.3 is 4.74 Å². The van der Waals surface area contributed by atoms with Crippen LogP contribution < -0.4 is 0 Å². The van der Waals surface area contributed by atoms with Crippen molar-refractivity contribution in [1.82, 2.24) is 0 Å². The summed E-state index contributed by atoms with van der Waals surface area (Å²) < 4.78 is 17.0. The zero-order chi connectivity index (χ0) is 17.4. The molecule has 0 unspecified atom stereocenters. The van der Waals surface area contributed by atoms with E-state index >= 15 is 0 Å². The minimum Gasteiger partial charge on any atom is -0.465 e. The number of hydrogen-bond donors (Lipinski definition) is 0. The highest BCUT2D eigenvalue weighted by molar-refractivity contribution is 7.85. The lowest BCUT2D eigenvalue weighted by Crippen LogP contribution is -2.15. The SMILES string of the molecule is CCCCCOC(=O)C[S@](=O)c1ccc([N+](=O)[O-])cc1[N+](=O)[O-]. The van der Waals surface area contributed by atoms with Crippen molar-refractivity contribution in [2.24, 2.45) is 0 Å². The lowest BCUT2D eigenvalue weighted by atomic mass is 10.3. The number of ether oxygens (including phenoxy) is 1. The van der Waals surface area contributed by atoms with E-state index in [2.05, 4.69) is 0 Å². The van der Waals surface area contributed by atoms with Crippen molar-refractivity contribution in [1.29, 1.82) is 0 Å². The molecule has 10 heteroatoms. The molecule has 0 bridgehead atoms. The summed E-state index contributed by atoms with van der Waals surface area (Å²) in [5.74, 6) is -1.27. The van der Waals surface area contributed by atoms with Crippen molar-refractivity contribution in [3.8, 4) is 0 Å². The van der Waals surface area contributed by atoms with E-state index in [1.54, 1.807) is 0 Å². The van der Waals surface area contributed by atoms with Gasteiger partial charge in [-0.05, 0) is 12.5 Å². The Morgan fingerprint density at radius 3 is 2.48 bits per heavy atom. The number of nitro benzene ring substituents is 2. The molecule has 0 fully saturated rings. The molecule has 1 aromatic carbocycles. The Morgan fingerprint density at radius 1 is 1.22 bits per heavy atom. The molecule has 0 saturated heterocycles. The topological polar surface area (TPSA) is 130 Å². The fraction of sp³-hybridized carbons (Fsp3) is 0.462. The number of nitro groups is 2. The molecule has 126 valence electrons. The highest BCUT2D eigenvalue weighted by Crippen LogP contribution is 2.27. The van der Waals surface area contributed by atoms with E-state index in [1.807, 2.05) is 6.92 Å². The predicted octanol–water partition coefficient (Wildman–Crippen LogP) is 2.34. The number of carbonyl (C=O) groups is 1. The summed E-state index contributed by atoms with van der Waals surface area (Å²) >= 11 is 0. The van der Waals surface area contributed by atoms with Crippen molar-refractivity contribution in [3.05, 3.63) is 38.4 Å². The smallest absolute Gasteiger partial charge is 0.318 e. The van der Waals surface area contributed by atoms with Crippen LogP contribution in [0, 0.1) is 20.2 Å². The molecular formula is C13H16N2O7S. The fourth-order valence-electron chi connectivity index (χ4n) is 1.72. The average Bonchev–Trinajstić information content (AvgIpc) is 2.50. The summed E-state index contributed by atoms with van der Waals surface area (Å²) in [6.07, 6.45) is 2.54. The molecule has 1 atom stereocenters. The van der Waals surface area contributed by atoms with E-state index in [1.165, 1.54) is 0 Å². The van der Waals surface area contributed by atoms with Gasteiger partial charge in [0.2, 0.25) is 0 Å². The van der Waals surface area contributed by atoms with Crippen LogP contribution in [0.3, 0.4) is 0 Å². The quantitative estimate of drug-likeness (QED) is 0.291. The molecule has 1 aromatic rings. The third-order valence-corrected chi connectivity index (χ3v) is 4.19. The van der Waals surface area contributed by atoms with Crippen LogP contribution in [0.5, 0.6) is 0 Å². The summed E-state index contributed by atoms with van der Waals surface area (Å²) in [5, 5.41) is 21.6. The second kappa shape index (κ2) is 8.93. The van der Waals surface area contributed by atoms with Crippen LogP contribution in [0.15, 0.2) is 23.1 Å². The van der Waals surface area contributed by atoms with Gasteiger partial charge in [-0.15, -0.1) is 0 Å². The van der Waals surface area contributed by atoms with Gasteiger partial charge in [0.1, 0.15) is 10.6 Å². The molecule has 0 aliphatic carbocycles. The second-order valence-electron chi connectivity index (χ2n) is 4.58. The number of non-ortho nitro benzene ring substituents is 1. The van der Waals surface area contributed by atoms with Crippen LogP contribution in [0.4, 0.5) is 11.4 Å². The highest BCUT2D eigenvalue weighted by atomic mass is 32.2. The Bertz CT molecular complexity index is 633. The maximum Gasteiger partial charge on any atom is 0.318 e. The fourth-order valence-corrected chi connectivity index (χ4v) is 2.76. The van der Waals surface area contributed by atoms with Crippen molar-refractivity contribution in [2.75, 3.05) is 12.4 Å². The summed E-state index contributed by atoms with van der Waals surface area (Å²) in [6, 6.07) is 2.75. The Hall–Kier alpha value is -2.36. The second-order valence-corrected chi connectivity index (χ2v) is 6.00. The molecule has 0 aromatic heterocycles. The van der Waals surface area contributed by atoms with Gasteiger partial charge in [0.15, 0.2) is 0 Å². The van der Waals surface area contributed by atoms with E-state index in [0.29, 0.717) is 6.42 Å². The van der Waals surface area contributed by atoms with E-state index in [-0.39, 0.29) is 11.5 Å². The summed E-state index contributed by atoms with van der Waals surface area (Å²) in [4.78, 5) is 31.3. The summed E-state index contributed by atoms with van der Waals surface area (Å²) in [5.41, 5.74) is -1.14.